The van der Waals surface area contributed by atoms with Crippen molar-refractivity contribution in [2.75, 3.05) is 23.7 Å². The highest BCUT2D eigenvalue weighted by atomic mass is 32.2. The number of benzene rings is 1. The van der Waals surface area contributed by atoms with Gasteiger partial charge in [-0.3, -0.25) is 4.72 Å². The van der Waals surface area contributed by atoms with Gasteiger partial charge >= 0.3 is 5.97 Å². The second-order valence-electron chi connectivity index (χ2n) is 4.65. The van der Waals surface area contributed by atoms with Gasteiger partial charge in [-0.2, -0.15) is 0 Å². The lowest BCUT2D eigenvalue weighted by molar-refractivity contribution is 0.0549. The molecule has 0 unspecified atom stereocenters. The van der Waals surface area contributed by atoms with Gasteiger partial charge in [-0.05, 0) is 18.6 Å². The summed E-state index contributed by atoms with van der Waals surface area (Å²) in [4.78, 5) is 12.0. The fourth-order valence-corrected chi connectivity index (χ4v) is 2.85. The van der Waals surface area contributed by atoms with Crippen LogP contribution in [-0.4, -0.2) is 33.4 Å². The Labute approximate surface area is 136 Å². The van der Waals surface area contributed by atoms with E-state index in [-0.39, 0.29) is 30.2 Å². The lowest BCUT2D eigenvalue weighted by Crippen LogP contribution is -2.16. The number of esters is 1. The van der Waals surface area contributed by atoms with E-state index in [1.54, 1.807) is 13.0 Å². The van der Waals surface area contributed by atoms with Crippen molar-refractivity contribution in [1.29, 1.82) is 0 Å². The summed E-state index contributed by atoms with van der Waals surface area (Å²) >= 11 is 0. The Balaban J connectivity index is 3.10. The first-order valence-corrected chi connectivity index (χ1v) is 8.74. The number of anilines is 1. The largest absolute Gasteiger partial charge is 0.489 e. The molecule has 23 heavy (non-hydrogen) atoms. The molecule has 126 valence electrons. The average molecular weight is 339 g/mol. The minimum absolute atomic E-state index is 0.0129. The van der Waals surface area contributed by atoms with Gasteiger partial charge in [-0.15, -0.1) is 0 Å². The summed E-state index contributed by atoms with van der Waals surface area (Å²) in [5, 5.41) is 0. The van der Waals surface area contributed by atoms with E-state index in [0.29, 0.717) is 12.2 Å². The van der Waals surface area contributed by atoms with Crippen LogP contribution in [0.1, 0.15) is 23.7 Å². The molecule has 0 saturated heterocycles. The van der Waals surface area contributed by atoms with E-state index in [1.165, 1.54) is 24.3 Å². The highest BCUT2D eigenvalue weighted by Gasteiger charge is 2.14. The smallest absolute Gasteiger partial charge is 0.338 e. The highest BCUT2D eigenvalue weighted by Crippen LogP contribution is 2.23. The topological polar surface area (TPSA) is 81.7 Å². The number of rotatable bonds is 10. The molecule has 0 aromatic heterocycles. The van der Waals surface area contributed by atoms with Crippen LogP contribution >= 0.6 is 0 Å². The first-order valence-electron chi connectivity index (χ1n) is 7.09. The average Bonchev–Trinajstić information content (AvgIpc) is 2.49. The van der Waals surface area contributed by atoms with Crippen LogP contribution in [0.2, 0.25) is 0 Å². The normalized spacial score (nSPS) is 10.7. The number of hydrogen-bond donors (Lipinski definition) is 1. The first-order chi connectivity index (χ1) is 10.9. The molecule has 0 heterocycles. The standard InChI is InChI=1S/C16H21NO5S/c1-4-7-21-15-11-13(16(18)22-8-5-2)10-14(12-15)17-23(19,20)9-6-3/h4-5,10-12,17H,1-2,6-9H2,3H3. The molecule has 0 radical (unpaired) electrons. The summed E-state index contributed by atoms with van der Waals surface area (Å²) in [6, 6.07) is 4.38. The van der Waals surface area contributed by atoms with E-state index >= 15 is 0 Å². The third kappa shape index (κ3) is 6.56. The number of sulfonamides is 1. The van der Waals surface area contributed by atoms with Crippen molar-refractivity contribution >= 4 is 21.7 Å². The second kappa shape index (κ2) is 8.99. The molecule has 1 aromatic carbocycles. The molecule has 7 heteroatoms. The molecular weight excluding hydrogens is 318 g/mol. The molecule has 0 spiro atoms. The molecule has 0 aliphatic rings. The summed E-state index contributed by atoms with van der Waals surface area (Å²) in [6.07, 6.45) is 3.47. The van der Waals surface area contributed by atoms with Gasteiger partial charge in [0, 0.05) is 6.07 Å². The van der Waals surface area contributed by atoms with E-state index in [9.17, 15) is 13.2 Å². The monoisotopic (exact) mass is 339 g/mol. The summed E-state index contributed by atoms with van der Waals surface area (Å²) in [5.41, 5.74) is 0.424. The Morgan fingerprint density at radius 3 is 2.52 bits per heavy atom. The SMILES string of the molecule is C=CCOC(=O)c1cc(NS(=O)(=O)CCC)cc(OCC=C)c1. The molecule has 0 aliphatic heterocycles. The van der Waals surface area contributed by atoms with Gasteiger partial charge in [0.2, 0.25) is 10.0 Å². The summed E-state index contributed by atoms with van der Waals surface area (Å²) < 4.78 is 36.5. The van der Waals surface area contributed by atoms with Crippen molar-refractivity contribution in [1.82, 2.24) is 0 Å². The van der Waals surface area contributed by atoms with Gasteiger partial charge in [0.05, 0.1) is 17.0 Å². The maximum atomic E-state index is 12.0. The molecule has 6 nitrogen and oxygen atoms in total. The Kier molecular flexibility index (Phi) is 7.34. The van der Waals surface area contributed by atoms with Gasteiger partial charge in [0.1, 0.15) is 19.0 Å². The molecule has 0 aliphatic carbocycles. The third-order valence-electron chi connectivity index (χ3n) is 2.59. The maximum Gasteiger partial charge on any atom is 0.338 e. The van der Waals surface area contributed by atoms with Crippen LogP contribution in [0, 0.1) is 0 Å². The Morgan fingerprint density at radius 2 is 1.91 bits per heavy atom. The van der Waals surface area contributed by atoms with Gasteiger partial charge in [0.15, 0.2) is 0 Å². The van der Waals surface area contributed by atoms with Gasteiger partial charge < -0.3 is 9.47 Å². The molecule has 0 atom stereocenters. The molecule has 1 N–H and O–H groups in total. The number of carbonyl (C=O) groups is 1. The lowest BCUT2D eigenvalue weighted by Gasteiger charge is -2.12. The summed E-state index contributed by atoms with van der Waals surface area (Å²) in [6.45, 7) is 9.06. The van der Waals surface area contributed by atoms with E-state index in [1.807, 2.05) is 0 Å². The highest BCUT2D eigenvalue weighted by molar-refractivity contribution is 7.92. The summed E-state index contributed by atoms with van der Waals surface area (Å²) in [5.74, 6) is -0.266. The van der Waals surface area contributed by atoms with Crippen molar-refractivity contribution < 1.29 is 22.7 Å². The first kappa shape index (κ1) is 18.8. The van der Waals surface area contributed by atoms with Crippen LogP contribution in [0.15, 0.2) is 43.5 Å². The van der Waals surface area contributed by atoms with E-state index in [2.05, 4.69) is 17.9 Å². The fourth-order valence-electron chi connectivity index (χ4n) is 1.73. The number of hydrogen-bond acceptors (Lipinski definition) is 5. The third-order valence-corrected chi connectivity index (χ3v) is 4.08. The van der Waals surface area contributed by atoms with Gasteiger partial charge in [0.25, 0.3) is 0 Å². The van der Waals surface area contributed by atoms with Crippen LogP contribution in [0.4, 0.5) is 5.69 Å². The van der Waals surface area contributed by atoms with Crippen LogP contribution in [0.3, 0.4) is 0 Å². The molecule has 1 aromatic rings. The molecule has 0 amide bonds. The molecular formula is C16H21NO5S. The van der Waals surface area contributed by atoms with Crippen molar-refractivity contribution in [2.45, 2.75) is 13.3 Å². The lowest BCUT2D eigenvalue weighted by atomic mass is 10.2. The van der Waals surface area contributed by atoms with E-state index < -0.39 is 16.0 Å². The minimum atomic E-state index is -3.48. The quantitative estimate of drug-likeness (QED) is 0.523. The number of ether oxygens (including phenoxy) is 2. The number of carbonyl (C=O) groups excluding carboxylic acids is 1. The van der Waals surface area contributed by atoms with Crippen molar-refractivity contribution in [3.8, 4) is 5.75 Å². The van der Waals surface area contributed by atoms with Crippen LogP contribution in [0.5, 0.6) is 5.75 Å². The van der Waals surface area contributed by atoms with Gasteiger partial charge in [-0.25, -0.2) is 13.2 Å². The van der Waals surface area contributed by atoms with Crippen LogP contribution < -0.4 is 9.46 Å². The zero-order valence-electron chi connectivity index (χ0n) is 13.1. The van der Waals surface area contributed by atoms with Crippen LogP contribution in [0.25, 0.3) is 0 Å². The van der Waals surface area contributed by atoms with Crippen molar-refractivity contribution in [3.05, 3.63) is 49.1 Å². The van der Waals surface area contributed by atoms with E-state index in [4.69, 9.17) is 9.47 Å². The molecule has 0 saturated carbocycles. The molecule has 0 fully saturated rings. The predicted molar refractivity (Wildman–Crippen MR) is 90.3 cm³/mol. The summed E-state index contributed by atoms with van der Waals surface area (Å²) in [7, 11) is -3.48. The molecule has 1 rings (SSSR count). The Morgan fingerprint density at radius 1 is 1.22 bits per heavy atom. The zero-order chi connectivity index (χ0) is 17.3. The Bertz CT molecular complexity index is 667. The van der Waals surface area contributed by atoms with Crippen molar-refractivity contribution in [3.63, 3.8) is 0 Å². The van der Waals surface area contributed by atoms with E-state index in [0.717, 1.165) is 0 Å². The predicted octanol–water partition coefficient (Wildman–Crippen LogP) is 2.75. The molecule has 0 bridgehead atoms. The van der Waals surface area contributed by atoms with Crippen LogP contribution in [-0.2, 0) is 14.8 Å². The number of nitrogens with one attached hydrogen (secondary N) is 1. The van der Waals surface area contributed by atoms with Crippen molar-refractivity contribution in [2.24, 2.45) is 0 Å². The second-order valence-corrected chi connectivity index (χ2v) is 6.50. The maximum absolute atomic E-state index is 12.0. The zero-order valence-corrected chi connectivity index (χ0v) is 13.9. The minimum Gasteiger partial charge on any atom is -0.489 e. The Hall–Kier alpha value is -2.28. The fraction of sp³-hybridized carbons (Fsp3) is 0.312. The van der Waals surface area contributed by atoms with Gasteiger partial charge in [-0.1, -0.05) is 32.2 Å².